The van der Waals surface area contributed by atoms with Crippen molar-refractivity contribution in [3.8, 4) is 0 Å². The molecule has 0 aromatic carbocycles. The molecule has 0 atom stereocenters. The minimum Gasteiger partial charge on any atom is -1.00 e. The first-order chi connectivity index (χ1) is 5.33. The third kappa shape index (κ3) is 25.1. The van der Waals surface area contributed by atoms with Crippen molar-refractivity contribution in [1.29, 1.82) is 0 Å². The molecular formula is C10H25Al. The van der Waals surface area contributed by atoms with E-state index in [-0.39, 0.29) is 1.43 Å². The molecule has 0 spiro atoms. The van der Waals surface area contributed by atoms with Crippen LogP contribution in [-0.2, 0) is 0 Å². The van der Waals surface area contributed by atoms with Crippen molar-refractivity contribution in [2.24, 2.45) is 0 Å². The first-order valence-electron chi connectivity index (χ1n) is 5.14. The molecular weight excluding hydrogens is 147 g/mol. The molecule has 0 aromatic heterocycles. The molecule has 0 fully saturated rings. The number of hydrogen-bond acceptors (Lipinski definition) is 0. The summed E-state index contributed by atoms with van der Waals surface area (Å²) < 4.78 is 0. The predicted molar refractivity (Wildman–Crippen MR) is 57.6 cm³/mol. The summed E-state index contributed by atoms with van der Waals surface area (Å²) in [5, 5.41) is 2.85. The van der Waals surface area contributed by atoms with Gasteiger partial charge in [-0.25, -0.2) is 0 Å². The van der Waals surface area contributed by atoms with Crippen molar-refractivity contribution in [3.63, 3.8) is 0 Å². The second-order valence-corrected chi connectivity index (χ2v) is 5.02. The molecule has 0 aliphatic rings. The molecule has 0 amide bonds. The first-order valence-corrected chi connectivity index (χ1v) is 6.78. The van der Waals surface area contributed by atoms with E-state index in [0.717, 1.165) is 15.2 Å². The van der Waals surface area contributed by atoms with Gasteiger partial charge in [0.25, 0.3) is 0 Å². The topological polar surface area (TPSA) is 0 Å². The van der Waals surface area contributed by atoms with E-state index in [1.807, 2.05) is 0 Å². The second kappa shape index (κ2) is 16.9. The van der Waals surface area contributed by atoms with Gasteiger partial charge in [0.05, 0.1) is 0 Å². The Bertz CT molecular complexity index is 43.1. The van der Waals surface area contributed by atoms with Gasteiger partial charge in [0.15, 0.2) is 0 Å². The van der Waals surface area contributed by atoms with E-state index in [9.17, 15) is 0 Å². The summed E-state index contributed by atoms with van der Waals surface area (Å²) in [6.07, 6.45) is 5.54. The molecule has 0 saturated carbocycles. The summed E-state index contributed by atoms with van der Waals surface area (Å²) in [6.45, 7) is 8.96. The molecule has 68 valence electrons. The van der Waals surface area contributed by atoms with Crippen molar-refractivity contribution in [2.45, 2.75) is 63.9 Å². The van der Waals surface area contributed by atoms with Gasteiger partial charge in [-0.05, 0) is 0 Å². The van der Waals surface area contributed by atoms with E-state index in [1.54, 1.807) is 0 Å². The van der Waals surface area contributed by atoms with Gasteiger partial charge in [-0.3, -0.25) is 0 Å². The zero-order chi connectivity index (χ0) is 8.95. The molecule has 0 aromatic rings. The summed E-state index contributed by atoms with van der Waals surface area (Å²) in [5.41, 5.74) is 0. The van der Waals surface area contributed by atoms with E-state index < -0.39 is 0 Å². The standard InChI is InChI=1S/C6H14.2C2H5.Al.H/c1-3-5-6-4-2;2*1-2;;/h3-6H2,1-2H3;2*1H2,2H3;;/q;;;+1;-1. The fourth-order valence-electron chi connectivity index (χ4n) is 0.789. The minimum absolute atomic E-state index is 0. The fraction of sp³-hybridized carbons (Fsp3) is 1.00. The molecule has 0 heterocycles. The van der Waals surface area contributed by atoms with Crippen molar-refractivity contribution in [1.82, 2.24) is 0 Å². The average molecular weight is 172 g/mol. The average Bonchev–Trinajstić information content (AvgIpc) is 2.04. The van der Waals surface area contributed by atoms with Crippen LogP contribution in [-0.4, -0.2) is 15.2 Å². The molecule has 0 aliphatic carbocycles. The Morgan fingerprint density at radius 1 is 0.818 bits per heavy atom. The van der Waals surface area contributed by atoms with Crippen LogP contribution in [0.1, 0.15) is 54.8 Å². The number of hydrogen-bond donors (Lipinski definition) is 0. The summed E-state index contributed by atoms with van der Waals surface area (Å²) in [7, 11) is 0. The SMILES string of the molecule is CCCCCC.C[CH2][Al+][CH2]C.[H-]. The van der Waals surface area contributed by atoms with Crippen LogP contribution in [0.2, 0.25) is 10.6 Å². The van der Waals surface area contributed by atoms with E-state index in [1.165, 1.54) is 36.2 Å². The maximum Gasteiger partial charge on any atom is -1.00 e. The Labute approximate surface area is 81.0 Å². The van der Waals surface area contributed by atoms with Crippen LogP contribution in [0.25, 0.3) is 0 Å². The Kier molecular flexibility index (Phi) is 21.6. The van der Waals surface area contributed by atoms with Gasteiger partial charge >= 0.3 is 39.6 Å². The van der Waals surface area contributed by atoms with Crippen LogP contribution in [0.4, 0.5) is 0 Å². The van der Waals surface area contributed by atoms with Crippen LogP contribution in [0.3, 0.4) is 0 Å². The van der Waals surface area contributed by atoms with Crippen LogP contribution in [0.5, 0.6) is 0 Å². The van der Waals surface area contributed by atoms with Gasteiger partial charge in [-0.15, -0.1) is 0 Å². The van der Waals surface area contributed by atoms with Crippen molar-refractivity contribution in [2.75, 3.05) is 0 Å². The van der Waals surface area contributed by atoms with Crippen LogP contribution >= 0.6 is 0 Å². The summed E-state index contributed by atoms with van der Waals surface area (Å²) in [5.74, 6) is 0. The summed E-state index contributed by atoms with van der Waals surface area (Å²) in [6, 6.07) is 0. The third-order valence-electron chi connectivity index (χ3n) is 1.53. The van der Waals surface area contributed by atoms with Gasteiger partial charge in [0.2, 0.25) is 0 Å². The Morgan fingerprint density at radius 3 is 1.27 bits per heavy atom. The maximum absolute atomic E-state index is 2.25. The van der Waals surface area contributed by atoms with Crippen molar-refractivity contribution in [3.05, 3.63) is 0 Å². The molecule has 0 radical (unpaired) electrons. The largest absolute Gasteiger partial charge is 1.00 e. The Hall–Kier alpha value is 0.532. The van der Waals surface area contributed by atoms with Gasteiger partial charge in [-0.1, -0.05) is 39.5 Å². The van der Waals surface area contributed by atoms with Gasteiger partial charge in [-0.2, -0.15) is 0 Å². The zero-order valence-corrected chi connectivity index (χ0v) is 9.97. The molecule has 0 saturated heterocycles. The molecule has 0 bridgehead atoms. The van der Waals surface area contributed by atoms with Gasteiger partial charge < -0.3 is 1.43 Å². The summed E-state index contributed by atoms with van der Waals surface area (Å²) in [4.78, 5) is 0. The minimum atomic E-state index is 0. The summed E-state index contributed by atoms with van der Waals surface area (Å²) >= 11 is 0.815. The Balaban J connectivity index is -0.000000126. The van der Waals surface area contributed by atoms with Gasteiger partial charge in [0, 0.05) is 0 Å². The molecule has 0 rings (SSSR count). The normalized spacial score (nSPS) is 8.00. The van der Waals surface area contributed by atoms with Gasteiger partial charge in [0.1, 0.15) is 0 Å². The molecule has 0 unspecified atom stereocenters. The second-order valence-electron chi connectivity index (χ2n) is 2.81. The third-order valence-corrected chi connectivity index (χ3v) is 2.69. The number of unbranched alkanes of at least 4 members (excludes halogenated alkanes) is 3. The van der Waals surface area contributed by atoms with E-state index >= 15 is 0 Å². The smallest absolute Gasteiger partial charge is 1.00 e. The zero-order valence-electron chi connectivity index (χ0n) is 9.82. The maximum atomic E-state index is 2.25. The monoisotopic (exact) mass is 172 g/mol. The molecule has 0 nitrogen and oxygen atoms in total. The van der Waals surface area contributed by atoms with E-state index in [2.05, 4.69) is 27.7 Å². The van der Waals surface area contributed by atoms with Crippen LogP contribution in [0.15, 0.2) is 0 Å². The predicted octanol–water partition coefficient (Wildman–Crippen LogP) is 4.27. The molecule has 11 heavy (non-hydrogen) atoms. The fourth-order valence-corrected chi connectivity index (χ4v) is 1.37. The van der Waals surface area contributed by atoms with Crippen molar-refractivity contribution < 1.29 is 1.43 Å². The van der Waals surface area contributed by atoms with E-state index in [0.29, 0.717) is 0 Å². The molecule has 1 heteroatoms. The molecule has 0 N–H and O–H groups in total. The Morgan fingerprint density at radius 2 is 1.18 bits per heavy atom. The number of rotatable bonds is 5. The van der Waals surface area contributed by atoms with Crippen LogP contribution < -0.4 is 0 Å². The quantitative estimate of drug-likeness (QED) is 0.429. The van der Waals surface area contributed by atoms with E-state index in [4.69, 9.17) is 0 Å². The first kappa shape index (κ1) is 14.1. The van der Waals surface area contributed by atoms with Crippen LogP contribution in [0, 0.1) is 0 Å². The van der Waals surface area contributed by atoms with Crippen molar-refractivity contribution >= 4 is 15.2 Å². The molecule has 0 aliphatic heterocycles.